The molecule has 124 valence electrons. The van der Waals surface area contributed by atoms with E-state index < -0.39 is 18.1 Å². The molecule has 1 N–H and O–H groups in total. The summed E-state index contributed by atoms with van der Waals surface area (Å²) in [5, 5.41) is 2.80. The molecule has 1 saturated heterocycles. The summed E-state index contributed by atoms with van der Waals surface area (Å²) in [4.78, 5) is 35.9. The van der Waals surface area contributed by atoms with E-state index in [2.05, 4.69) is 5.32 Å². The van der Waals surface area contributed by atoms with Crippen LogP contribution in [0, 0.1) is 0 Å². The maximum Gasteiger partial charge on any atom is 0.410 e. The molecule has 0 saturated carbocycles. The maximum absolute atomic E-state index is 12.2. The molecule has 1 heterocycles. The van der Waals surface area contributed by atoms with Crippen LogP contribution in [0.4, 0.5) is 4.79 Å². The number of carbonyl (C=O) groups is 3. The minimum atomic E-state index is -0.686. The average Bonchev–Trinajstić information content (AvgIpc) is 2.89. The number of cyclic esters (lactones) is 1. The highest BCUT2D eigenvalue weighted by Gasteiger charge is 2.37. The lowest BCUT2D eigenvalue weighted by Gasteiger charge is -2.20. The van der Waals surface area contributed by atoms with Crippen molar-refractivity contribution in [1.82, 2.24) is 10.2 Å². The van der Waals surface area contributed by atoms with E-state index in [9.17, 15) is 14.4 Å². The second-order valence-electron chi connectivity index (χ2n) is 5.15. The molecule has 0 spiro atoms. The van der Waals surface area contributed by atoms with E-state index in [1.807, 2.05) is 30.3 Å². The molecular formula is C16H20N2O5. The van der Waals surface area contributed by atoms with Crippen molar-refractivity contribution in [3.63, 3.8) is 0 Å². The van der Waals surface area contributed by atoms with Crippen LogP contribution < -0.4 is 5.32 Å². The van der Waals surface area contributed by atoms with Crippen LogP contribution in [0.2, 0.25) is 0 Å². The summed E-state index contributed by atoms with van der Waals surface area (Å²) in [5.41, 5.74) is 1.12. The van der Waals surface area contributed by atoms with E-state index >= 15 is 0 Å². The molecule has 0 radical (unpaired) electrons. The van der Waals surface area contributed by atoms with E-state index in [0.29, 0.717) is 13.0 Å². The first-order chi connectivity index (χ1) is 11.1. The van der Waals surface area contributed by atoms with Gasteiger partial charge in [-0.3, -0.25) is 14.5 Å². The van der Waals surface area contributed by atoms with Crippen LogP contribution in [-0.2, 0) is 25.5 Å². The minimum absolute atomic E-state index is 0.01000. The summed E-state index contributed by atoms with van der Waals surface area (Å²) in [6.45, 7) is 1.95. The van der Waals surface area contributed by atoms with E-state index in [-0.39, 0.29) is 25.7 Å². The Labute approximate surface area is 134 Å². The van der Waals surface area contributed by atoms with Crippen LogP contribution in [0.3, 0.4) is 0 Å². The Bertz CT molecular complexity index is 561. The Balaban J connectivity index is 1.79. The van der Waals surface area contributed by atoms with E-state index in [4.69, 9.17) is 9.47 Å². The van der Waals surface area contributed by atoms with Gasteiger partial charge in [0.1, 0.15) is 19.3 Å². The van der Waals surface area contributed by atoms with Crippen LogP contribution in [0.1, 0.15) is 12.5 Å². The molecule has 7 nitrogen and oxygen atoms in total. The molecule has 0 aliphatic carbocycles. The summed E-state index contributed by atoms with van der Waals surface area (Å²) >= 11 is 0. The zero-order valence-corrected chi connectivity index (χ0v) is 13.0. The highest BCUT2D eigenvalue weighted by Crippen LogP contribution is 2.12. The van der Waals surface area contributed by atoms with Crippen LogP contribution in [0.25, 0.3) is 0 Å². The van der Waals surface area contributed by atoms with Crippen molar-refractivity contribution in [3.8, 4) is 0 Å². The van der Waals surface area contributed by atoms with Gasteiger partial charge >= 0.3 is 12.1 Å². The van der Waals surface area contributed by atoms with Crippen LogP contribution in [-0.4, -0.2) is 55.2 Å². The number of rotatable bonds is 7. The zero-order chi connectivity index (χ0) is 16.7. The van der Waals surface area contributed by atoms with E-state index in [1.165, 1.54) is 11.8 Å². The van der Waals surface area contributed by atoms with E-state index in [0.717, 1.165) is 5.56 Å². The molecule has 1 aliphatic heterocycles. The SMILES string of the molecule is CC(=O)OCCN1C(=O)OC[C@H]1C(=O)NCCc1ccccc1. The number of amides is 2. The number of ether oxygens (including phenoxy) is 2. The van der Waals surface area contributed by atoms with Crippen molar-refractivity contribution in [1.29, 1.82) is 0 Å². The first kappa shape index (κ1) is 16.8. The van der Waals surface area contributed by atoms with Gasteiger partial charge in [-0.15, -0.1) is 0 Å². The molecule has 7 heteroatoms. The standard InChI is InChI=1S/C16H20N2O5/c1-12(19)22-10-9-18-14(11-23-16(18)21)15(20)17-8-7-13-5-3-2-4-6-13/h2-6,14H,7-11H2,1H3,(H,17,20)/t14-/m0/s1. The van der Waals surface area contributed by atoms with Gasteiger partial charge in [-0.1, -0.05) is 30.3 Å². The summed E-state index contributed by atoms with van der Waals surface area (Å²) in [6.07, 6.45) is 0.141. The topological polar surface area (TPSA) is 84.9 Å². The van der Waals surface area contributed by atoms with Crippen molar-refractivity contribution in [2.45, 2.75) is 19.4 Å². The van der Waals surface area contributed by atoms with Gasteiger partial charge in [0.25, 0.3) is 0 Å². The number of carbonyl (C=O) groups excluding carboxylic acids is 3. The van der Waals surface area contributed by atoms with Crippen molar-refractivity contribution >= 4 is 18.0 Å². The van der Waals surface area contributed by atoms with Gasteiger partial charge in [-0.25, -0.2) is 4.79 Å². The first-order valence-corrected chi connectivity index (χ1v) is 7.46. The van der Waals surface area contributed by atoms with Crippen molar-refractivity contribution in [3.05, 3.63) is 35.9 Å². The van der Waals surface area contributed by atoms with Gasteiger partial charge in [0.05, 0.1) is 6.54 Å². The van der Waals surface area contributed by atoms with Crippen LogP contribution >= 0.6 is 0 Å². The highest BCUT2D eigenvalue weighted by atomic mass is 16.6. The Hall–Kier alpha value is -2.57. The average molecular weight is 320 g/mol. The number of nitrogens with one attached hydrogen (secondary N) is 1. The lowest BCUT2D eigenvalue weighted by molar-refractivity contribution is -0.141. The molecular weight excluding hydrogens is 300 g/mol. The molecule has 1 aromatic rings. The second-order valence-corrected chi connectivity index (χ2v) is 5.15. The van der Waals surface area contributed by atoms with Crippen molar-refractivity contribution in [2.75, 3.05) is 26.3 Å². The largest absolute Gasteiger partial charge is 0.464 e. The molecule has 0 aromatic heterocycles. The molecule has 2 rings (SSSR count). The predicted octanol–water partition coefficient (Wildman–Crippen LogP) is 0.729. The zero-order valence-electron chi connectivity index (χ0n) is 13.0. The molecule has 1 aromatic carbocycles. The summed E-state index contributed by atoms with van der Waals surface area (Å²) in [7, 11) is 0. The van der Waals surface area contributed by atoms with E-state index in [1.54, 1.807) is 0 Å². The molecule has 1 atom stereocenters. The minimum Gasteiger partial charge on any atom is -0.464 e. The number of benzene rings is 1. The fraction of sp³-hybridized carbons (Fsp3) is 0.438. The lowest BCUT2D eigenvalue weighted by Crippen LogP contribution is -2.47. The van der Waals surface area contributed by atoms with Crippen LogP contribution in [0.5, 0.6) is 0 Å². The Kier molecular flexibility index (Phi) is 5.96. The van der Waals surface area contributed by atoms with Gasteiger partial charge in [0.15, 0.2) is 0 Å². The van der Waals surface area contributed by atoms with Crippen molar-refractivity contribution in [2.24, 2.45) is 0 Å². The summed E-state index contributed by atoms with van der Waals surface area (Å²) < 4.78 is 9.71. The number of hydrogen-bond donors (Lipinski definition) is 1. The molecule has 2 amide bonds. The first-order valence-electron chi connectivity index (χ1n) is 7.46. The molecule has 23 heavy (non-hydrogen) atoms. The monoisotopic (exact) mass is 320 g/mol. The fourth-order valence-electron chi connectivity index (χ4n) is 2.29. The Morgan fingerprint density at radius 1 is 1.35 bits per heavy atom. The maximum atomic E-state index is 12.2. The third kappa shape index (κ3) is 4.98. The summed E-state index contributed by atoms with van der Waals surface area (Å²) in [5.74, 6) is -0.698. The molecule has 1 fully saturated rings. The number of esters is 1. The normalized spacial score (nSPS) is 16.8. The molecule has 0 unspecified atom stereocenters. The van der Waals surface area contributed by atoms with Crippen molar-refractivity contribution < 1.29 is 23.9 Å². The van der Waals surface area contributed by atoms with Gasteiger partial charge in [-0.05, 0) is 12.0 Å². The van der Waals surface area contributed by atoms with Gasteiger partial charge in [-0.2, -0.15) is 0 Å². The Morgan fingerprint density at radius 2 is 2.09 bits per heavy atom. The van der Waals surface area contributed by atoms with Crippen LogP contribution in [0.15, 0.2) is 30.3 Å². The Morgan fingerprint density at radius 3 is 2.78 bits per heavy atom. The van der Waals surface area contributed by atoms with Gasteiger partial charge in [0, 0.05) is 13.5 Å². The fourth-order valence-corrected chi connectivity index (χ4v) is 2.29. The predicted molar refractivity (Wildman–Crippen MR) is 81.6 cm³/mol. The third-order valence-corrected chi connectivity index (χ3v) is 3.47. The number of nitrogens with zero attached hydrogens (tertiary/aromatic N) is 1. The molecule has 1 aliphatic rings. The third-order valence-electron chi connectivity index (χ3n) is 3.47. The van der Waals surface area contributed by atoms with Gasteiger partial charge in [0.2, 0.25) is 5.91 Å². The van der Waals surface area contributed by atoms with Gasteiger partial charge < -0.3 is 14.8 Å². The quantitative estimate of drug-likeness (QED) is 0.749. The summed E-state index contributed by atoms with van der Waals surface area (Å²) in [6, 6.07) is 9.10. The smallest absolute Gasteiger partial charge is 0.410 e. The molecule has 0 bridgehead atoms. The highest BCUT2D eigenvalue weighted by molar-refractivity contribution is 5.87. The lowest BCUT2D eigenvalue weighted by atomic mass is 10.1. The number of hydrogen-bond acceptors (Lipinski definition) is 5. The second kappa shape index (κ2) is 8.17.